The van der Waals surface area contributed by atoms with Crippen LogP contribution in [-0.2, 0) is 6.54 Å². The lowest BCUT2D eigenvalue weighted by Crippen LogP contribution is -2.11. The van der Waals surface area contributed by atoms with Crippen molar-refractivity contribution in [2.75, 3.05) is 11.1 Å². The molecule has 0 atom stereocenters. The lowest BCUT2D eigenvalue weighted by Gasteiger charge is -2.13. The number of nitrogen functional groups attached to an aromatic ring is 1. The van der Waals surface area contributed by atoms with E-state index in [1.165, 1.54) is 0 Å². The van der Waals surface area contributed by atoms with E-state index in [4.69, 9.17) is 10.5 Å². The zero-order chi connectivity index (χ0) is 14.5. The van der Waals surface area contributed by atoms with Crippen molar-refractivity contribution in [2.24, 2.45) is 0 Å². The second kappa shape index (κ2) is 6.23. The molecular formula is C15H20N4O. The Labute approximate surface area is 119 Å². The van der Waals surface area contributed by atoms with Gasteiger partial charge in [0.05, 0.1) is 18.0 Å². The van der Waals surface area contributed by atoms with Crippen molar-refractivity contribution >= 4 is 11.5 Å². The molecule has 0 aliphatic carbocycles. The van der Waals surface area contributed by atoms with E-state index in [1.54, 1.807) is 12.4 Å². The van der Waals surface area contributed by atoms with Gasteiger partial charge in [0.15, 0.2) is 0 Å². The Morgan fingerprint density at radius 1 is 1.35 bits per heavy atom. The summed E-state index contributed by atoms with van der Waals surface area (Å²) in [7, 11) is 0. The van der Waals surface area contributed by atoms with Crippen LogP contribution in [0.15, 0.2) is 30.6 Å². The minimum Gasteiger partial charge on any atom is -0.475 e. The number of nitrogens with two attached hydrogens (primary N) is 1. The first-order valence-electron chi connectivity index (χ1n) is 6.63. The minimum absolute atomic E-state index is 0.0977. The molecule has 2 aromatic heterocycles. The van der Waals surface area contributed by atoms with Crippen LogP contribution in [0.2, 0.25) is 0 Å². The molecule has 106 valence electrons. The van der Waals surface area contributed by atoms with Crippen LogP contribution in [0.5, 0.6) is 5.88 Å². The number of hydrogen-bond donors (Lipinski definition) is 2. The summed E-state index contributed by atoms with van der Waals surface area (Å²) >= 11 is 0. The molecule has 2 rings (SSSR count). The summed E-state index contributed by atoms with van der Waals surface area (Å²) in [4.78, 5) is 8.51. The Kier molecular flexibility index (Phi) is 4.40. The number of nitrogens with one attached hydrogen (secondary N) is 1. The van der Waals surface area contributed by atoms with Crippen LogP contribution >= 0.6 is 0 Å². The summed E-state index contributed by atoms with van der Waals surface area (Å²) in [5, 5.41) is 3.26. The molecule has 0 amide bonds. The third kappa shape index (κ3) is 3.60. The summed E-state index contributed by atoms with van der Waals surface area (Å²) in [6.45, 7) is 6.53. The largest absolute Gasteiger partial charge is 0.475 e. The molecule has 5 nitrogen and oxygen atoms in total. The molecule has 0 aliphatic rings. The second-order valence-corrected chi connectivity index (χ2v) is 4.91. The van der Waals surface area contributed by atoms with Crippen LogP contribution in [0.25, 0.3) is 0 Å². The van der Waals surface area contributed by atoms with Gasteiger partial charge in [0.1, 0.15) is 5.82 Å². The van der Waals surface area contributed by atoms with Crippen LogP contribution in [0.3, 0.4) is 0 Å². The van der Waals surface area contributed by atoms with E-state index in [-0.39, 0.29) is 6.10 Å². The van der Waals surface area contributed by atoms with Crippen molar-refractivity contribution in [3.63, 3.8) is 0 Å². The van der Waals surface area contributed by atoms with Gasteiger partial charge in [-0.2, -0.15) is 0 Å². The molecule has 0 bridgehead atoms. The highest BCUT2D eigenvalue weighted by Gasteiger charge is 2.07. The van der Waals surface area contributed by atoms with Gasteiger partial charge in [0, 0.05) is 18.3 Å². The smallest absolute Gasteiger partial charge is 0.218 e. The van der Waals surface area contributed by atoms with E-state index in [0.29, 0.717) is 18.1 Å². The first-order chi connectivity index (χ1) is 9.56. The molecule has 5 heteroatoms. The average molecular weight is 272 g/mol. The molecule has 0 radical (unpaired) electrons. The quantitative estimate of drug-likeness (QED) is 0.875. The van der Waals surface area contributed by atoms with Crippen molar-refractivity contribution in [3.05, 3.63) is 41.7 Å². The van der Waals surface area contributed by atoms with Crippen molar-refractivity contribution in [1.82, 2.24) is 9.97 Å². The third-order valence-electron chi connectivity index (χ3n) is 2.81. The highest BCUT2D eigenvalue weighted by atomic mass is 16.5. The second-order valence-electron chi connectivity index (χ2n) is 4.91. The Bertz CT molecular complexity index is 584. The molecule has 0 aromatic carbocycles. The Hall–Kier alpha value is -2.30. The lowest BCUT2D eigenvalue weighted by atomic mass is 10.2. The van der Waals surface area contributed by atoms with Crippen LogP contribution in [0.4, 0.5) is 11.5 Å². The van der Waals surface area contributed by atoms with Gasteiger partial charge in [-0.1, -0.05) is 6.07 Å². The molecule has 20 heavy (non-hydrogen) atoms. The van der Waals surface area contributed by atoms with E-state index in [0.717, 1.165) is 16.9 Å². The number of hydrogen-bond acceptors (Lipinski definition) is 5. The maximum absolute atomic E-state index is 5.75. The molecule has 0 saturated carbocycles. The van der Waals surface area contributed by atoms with Gasteiger partial charge in [-0.3, -0.25) is 0 Å². The Morgan fingerprint density at radius 3 is 2.85 bits per heavy atom. The van der Waals surface area contributed by atoms with Crippen molar-refractivity contribution in [3.8, 4) is 5.88 Å². The van der Waals surface area contributed by atoms with Crippen LogP contribution in [-0.4, -0.2) is 16.1 Å². The Balaban J connectivity index is 2.08. The van der Waals surface area contributed by atoms with E-state index < -0.39 is 0 Å². The third-order valence-corrected chi connectivity index (χ3v) is 2.81. The van der Waals surface area contributed by atoms with Gasteiger partial charge < -0.3 is 15.8 Å². The zero-order valence-electron chi connectivity index (χ0n) is 12.1. The maximum Gasteiger partial charge on any atom is 0.218 e. The van der Waals surface area contributed by atoms with Crippen LogP contribution < -0.4 is 15.8 Å². The van der Waals surface area contributed by atoms with E-state index in [2.05, 4.69) is 15.3 Å². The summed E-state index contributed by atoms with van der Waals surface area (Å²) in [5.74, 6) is 1.44. The molecule has 0 aliphatic heterocycles. The molecule has 0 unspecified atom stereocenters. The van der Waals surface area contributed by atoms with Crippen LogP contribution in [0.1, 0.15) is 25.0 Å². The van der Waals surface area contributed by atoms with E-state index >= 15 is 0 Å². The normalized spacial score (nSPS) is 10.6. The van der Waals surface area contributed by atoms with Crippen molar-refractivity contribution in [1.29, 1.82) is 0 Å². The number of rotatable bonds is 5. The first kappa shape index (κ1) is 14.1. The monoisotopic (exact) mass is 272 g/mol. The van der Waals surface area contributed by atoms with Gasteiger partial charge >= 0.3 is 0 Å². The highest BCUT2D eigenvalue weighted by Crippen LogP contribution is 2.18. The fourth-order valence-electron chi connectivity index (χ4n) is 1.74. The molecular weight excluding hydrogens is 252 g/mol. The van der Waals surface area contributed by atoms with E-state index in [9.17, 15) is 0 Å². The first-order valence-corrected chi connectivity index (χ1v) is 6.63. The minimum atomic E-state index is 0.0977. The predicted molar refractivity (Wildman–Crippen MR) is 80.7 cm³/mol. The molecule has 0 spiro atoms. The van der Waals surface area contributed by atoms with Crippen LogP contribution in [0, 0.1) is 6.92 Å². The molecule has 2 heterocycles. The molecule has 0 fully saturated rings. The number of nitrogens with zero attached hydrogens (tertiary/aromatic N) is 2. The summed E-state index contributed by atoms with van der Waals surface area (Å²) in [6, 6.07) is 5.81. The number of aromatic nitrogens is 2. The fraction of sp³-hybridized carbons (Fsp3) is 0.333. The number of pyridine rings is 2. The van der Waals surface area contributed by atoms with Gasteiger partial charge in [-0.15, -0.1) is 0 Å². The summed E-state index contributed by atoms with van der Waals surface area (Å²) < 4.78 is 5.69. The summed E-state index contributed by atoms with van der Waals surface area (Å²) in [5.41, 5.74) is 8.45. The fourth-order valence-corrected chi connectivity index (χ4v) is 1.74. The maximum atomic E-state index is 5.75. The zero-order valence-corrected chi connectivity index (χ0v) is 12.1. The van der Waals surface area contributed by atoms with Gasteiger partial charge in [0.25, 0.3) is 0 Å². The number of aryl methyl sites for hydroxylation is 1. The lowest BCUT2D eigenvalue weighted by molar-refractivity contribution is 0.230. The molecule has 0 saturated heterocycles. The molecule has 2 aromatic rings. The summed E-state index contributed by atoms with van der Waals surface area (Å²) in [6.07, 6.45) is 3.49. The van der Waals surface area contributed by atoms with Gasteiger partial charge in [-0.05, 0) is 38.5 Å². The van der Waals surface area contributed by atoms with Gasteiger partial charge in [0.2, 0.25) is 5.88 Å². The predicted octanol–water partition coefficient (Wildman–Crippen LogP) is 2.77. The number of ether oxygens (including phenoxy) is 1. The highest BCUT2D eigenvalue weighted by molar-refractivity contribution is 5.51. The standard InChI is InChI=1S/C15H20N4O/c1-10(2)20-15-12(5-4-6-17-15)8-18-14-7-11(3)13(16)9-19-14/h4-7,9-10H,8,16H2,1-3H3,(H,18,19). The number of anilines is 2. The topological polar surface area (TPSA) is 73.1 Å². The van der Waals surface area contributed by atoms with Crippen molar-refractivity contribution in [2.45, 2.75) is 33.4 Å². The Morgan fingerprint density at radius 2 is 2.15 bits per heavy atom. The van der Waals surface area contributed by atoms with E-state index in [1.807, 2.05) is 39.0 Å². The van der Waals surface area contributed by atoms with Crippen molar-refractivity contribution < 1.29 is 4.74 Å². The van der Waals surface area contributed by atoms with Gasteiger partial charge in [-0.25, -0.2) is 9.97 Å². The average Bonchev–Trinajstić information content (AvgIpc) is 2.41. The SMILES string of the molecule is Cc1cc(NCc2cccnc2OC(C)C)ncc1N. The molecule has 3 N–H and O–H groups in total.